The van der Waals surface area contributed by atoms with Crippen LogP contribution in [0.25, 0.3) is 0 Å². The van der Waals surface area contributed by atoms with Crippen molar-refractivity contribution in [3.8, 4) is 0 Å². The molecule has 0 spiro atoms. The molecular formula is C16H25BrN2. The summed E-state index contributed by atoms with van der Waals surface area (Å²) < 4.78 is 1.22. The van der Waals surface area contributed by atoms with E-state index in [1.54, 1.807) is 0 Å². The number of benzene rings is 1. The van der Waals surface area contributed by atoms with Gasteiger partial charge in [-0.3, -0.25) is 0 Å². The molecule has 0 bridgehead atoms. The Kier molecular flexibility index (Phi) is 4.91. The van der Waals surface area contributed by atoms with Crippen molar-refractivity contribution in [1.82, 2.24) is 5.32 Å². The van der Waals surface area contributed by atoms with E-state index < -0.39 is 0 Å². The van der Waals surface area contributed by atoms with Crippen LogP contribution < -0.4 is 10.2 Å². The third kappa shape index (κ3) is 3.73. The van der Waals surface area contributed by atoms with Gasteiger partial charge in [0, 0.05) is 23.1 Å². The van der Waals surface area contributed by atoms with Crippen molar-refractivity contribution in [1.29, 1.82) is 0 Å². The molecule has 1 atom stereocenters. The molecule has 0 heterocycles. The van der Waals surface area contributed by atoms with Crippen LogP contribution in [0, 0.1) is 5.92 Å². The number of rotatable bonds is 6. The van der Waals surface area contributed by atoms with Gasteiger partial charge in [0.05, 0.1) is 5.69 Å². The Morgan fingerprint density at radius 3 is 2.47 bits per heavy atom. The van der Waals surface area contributed by atoms with Crippen LogP contribution in [0.4, 0.5) is 5.69 Å². The summed E-state index contributed by atoms with van der Waals surface area (Å²) in [5.41, 5.74) is 2.68. The summed E-state index contributed by atoms with van der Waals surface area (Å²) in [6.07, 6.45) is 2.68. The first kappa shape index (κ1) is 14.9. The van der Waals surface area contributed by atoms with E-state index in [0.29, 0.717) is 12.0 Å². The number of nitrogens with one attached hydrogen (secondary N) is 1. The van der Waals surface area contributed by atoms with Gasteiger partial charge in [-0.05, 0) is 66.4 Å². The first-order chi connectivity index (χ1) is 9.02. The van der Waals surface area contributed by atoms with Crippen LogP contribution in [-0.2, 0) is 0 Å². The van der Waals surface area contributed by atoms with Crippen molar-refractivity contribution in [2.75, 3.05) is 18.5 Å². The van der Waals surface area contributed by atoms with E-state index in [9.17, 15) is 0 Å². The van der Waals surface area contributed by atoms with Crippen molar-refractivity contribution in [3.05, 3.63) is 28.2 Å². The molecule has 2 rings (SSSR count). The fourth-order valence-electron chi connectivity index (χ4n) is 2.42. The van der Waals surface area contributed by atoms with Gasteiger partial charge in [0.2, 0.25) is 0 Å². The molecule has 1 aliphatic carbocycles. The Morgan fingerprint density at radius 1 is 1.32 bits per heavy atom. The molecule has 1 aromatic rings. The Labute approximate surface area is 125 Å². The maximum atomic E-state index is 3.76. The van der Waals surface area contributed by atoms with Gasteiger partial charge in [0.1, 0.15) is 0 Å². The van der Waals surface area contributed by atoms with Crippen molar-refractivity contribution in [2.45, 2.75) is 45.7 Å². The van der Waals surface area contributed by atoms with E-state index in [2.05, 4.69) is 65.1 Å². The average molecular weight is 325 g/mol. The number of halogens is 1. The van der Waals surface area contributed by atoms with Gasteiger partial charge in [-0.25, -0.2) is 0 Å². The van der Waals surface area contributed by atoms with Crippen LogP contribution in [0.5, 0.6) is 0 Å². The average Bonchev–Trinajstić information content (AvgIpc) is 3.19. The minimum absolute atomic E-state index is 0.393. The molecule has 0 saturated heterocycles. The van der Waals surface area contributed by atoms with Crippen LogP contribution in [-0.4, -0.2) is 19.6 Å². The van der Waals surface area contributed by atoms with E-state index in [4.69, 9.17) is 0 Å². The molecule has 0 aliphatic heterocycles. The highest BCUT2D eigenvalue weighted by molar-refractivity contribution is 9.10. The molecule has 0 aromatic heterocycles. The molecule has 1 unspecified atom stereocenters. The third-order valence-electron chi connectivity index (χ3n) is 3.76. The van der Waals surface area contributed by atoms with Crippen molar-refractivity contribution < 1.29 is 0 Å². The van der Waals surface area contributed by atoms with Gasteiger partial charge in [0.15, 0.2) is 0 Å². The zero-order valence-electron chi connectivity index (χ0n) is 12.4. The molecule has 1 saturated carbocycles. The van der Waals surface area contributed by atoms with E-state index in [-0.39, 0.29) is 0 Å². The van der Waals surface area contributed by atoms with E-state index in [1.165, 1.54) is 28.6 Å². The molecule has 106 valence electrons. The molecule has 1 aliphatic rings. The molecule has 1 aromatic carbocycles. The third-order valence-corrected chi connectivity index (χ3v) is 4.40. The summed E-state index contributed by atoms with van der Waals surface area (Å²) in [5, 5.41) is 3.29. The number of hydrogen-bond donors (Lipinski definition) is 1. The minimum atomic E-state index is 0.393. The van der Waals surface area contributed by atoms with Gasteiger partial charge in [-0.2, -0.15) is 0 Å². The first-order valence-corrected chi connectivity index (χ1v) is 8.05. The molecule has 0 amide bonds. The van der Waals surface area contributed by atoms with Gasteiger partial charge in [-0.1, -0.05) is 19.9 Å². The lowest BCUT2D eigenvalue weighted by molar-refractivity contribution is 0.606. The van der Waals surface area contributed by atoms with E-state index in [0.717, 1.165) is 12.6 Å². The molecule has 0 radical (unpaired) electrons. The molecule has 19 heavy (non-hydrogen) atoms. The summed E-state index contributed by atoms with van der Waals surface area (Å²) in [5.74, 6) is 0.698. The van der Waals surface area contributed by atoms with Gasteiger partial charge in [-0.15, -0.1) is 0 Å². The lowest BCUT2D eigenvalue weighted by Gasteiger charge is -2.28. The molecule has 1 N–H and O–H groups in total. The maximum Gasteiger partial charge on any atom is 0.0513 e. The van der Waals surface area contributed by atoms with Crippen LogP contribution >= 0.6 is 15.9 Å². The zero-order chi connectivity index (χ0) is 14.0. The minimum Gasteiger partial charge on any atom is -0.367 e. The number of hydrogen-bond acceptors (Lipinski definition) is 2. The van der Waals surface area contributed by atoms with E-state index in [1.807, 2.05) is 7.05 Å². The van der Waals surface area contributed by atoms with E-state index >= 15 is 0 Å². The van der Waals surface area contributed by atoms with Crippen molar-refractivity contribution in [3.63, 3.8) is 0 Å². The summed E-state index contributed by atoms with van der Waals surface area (Å²) in [6, 6.07) is 7.92. The normalized spacial score (nSPS) is 16.7. The summed E-state index contributed by atoms with van der Waals surface area (Å²) >= 11 is 3.76. The van der Waals surface area contributed by atoms with Crippen LogP contribution in [0.1, 0.15) is 45.2 Å². The van der Waals surface area contributed by atoms with Crippen LogP contribution in [0.3, 0.4) is 0 Å². The van der Waals surface area contributed by atoms with Gasteiger partial charge >= 0.3 is 0 Å². The fourth-order valence-corrected chi connectivity index (χ4v) is 3.04. The maximum absolute atomic E-state index is 3.76. The number of anilines is 1. The Morgan fingerprint density at radius 2 is 2.00 bits per heavy atom. The second kappa shape index (κ2) is 6.27. The topological polar surface area (TPSA) is 15.3 Å². The highest BCUT2D eigenvalue weighted by Crippen LogP contribution is 2.37. The highest BCUT2D eigenvalue weighted by atomic mass is 79.9. The van der Waals surface area contributed by atoms with Crippen molar-refractivity contribution >= 4 is 21.6 Å². The molecular weight excluding hydrogens is 300 g/mol. The smallest absolute Gasteiger partial charge is 0.0513 e. The highest BCUT2D eigenvalue weighted by Gasteiger charge is 2.30. The quantitative estimate of drug-likeness (QED) is 0.836. The molecule has 2 nitrogen and oxygen atoms in total. The van der Waals surface area contributed by atoms with Crippen LogP contribution in [0.15, 0.2) is 22.7 Å². The SMILES string of the molecule is CNC(C)c1ccc(N(CC(C)C)C2CC2)c(Br)c1. The van der Waals surface area contributed by atoms with Crippen molar-refractivity contribution in [2.24, 2.45) is 5.92 Å². The largest absolute Gasteiger partial charge is 0.367 e. The predicted molar refractivity (Wildman–Crippen MR) is 86.8 cm³/mol. The first-order valence-electron chi connectivity index (χ1n) is 7.26. The lowest BCUT2D eigenvalue weighted by atomic mass is 10.1. The summed E-state index contributed by atoms with van der Waals surface area (Å²) in [4.78, 5) is 2.57. The second-order valence-electron chi connectivity index (χ2n) is 6.00. The Bertz CT molecular complexity index is 427. The molecule has 1 fully saturated rings. The zero-order valence-corrected chi connectivity index (χ0v) is 14.0. The fraction of sp³-hybridized carbons (Fsp3) is 0.625. The summed E-state index contributed by atoms with van der Waals surface area (Å²) in [7, 11) is 2.00. The monoisotopic (exact) mass is 324 g/mol. The Hall–Kier alpha value is -0.540. The number of nitrogens with zero attached hydrogens (tertiary/aromatic N) is 1. The standard InChI is InChI=1S/C16H25BrN2/c1-11(2)10-19(14-6-7-14)16-8-5-13(9-15(16)17)12(3)18-4/h5,8-9,11-12,14,18H,6-7,10H2,1-4H3. The predicted octanol–water partition coefficient (Wildman–Crippen LogP) is 4.35. The summed E-state index contributed by atoms with van der Waals surface area (Å²) in [6.45, 7) is 7.92. The van der Waals surface area contributed by atoms with Crippen LogP contribution in [0.2, 0.25) is 0 Å². The lowest BCUT2D eigenvalue weighted by Crippen LogP contribution is -2.30. The Balaban J connectivity index is 2.22. The van der Waals surface area contributed by atoms with Gasteiger partial charge in [0.25, 0.3) is 0 Å². The molecule has 3 heteroatoms. The second-order valence-corrected chi connectivity index (χ2v) is 6.85. The van der Waals surface area contributed by atoms with Gasteiger partial charge < -0.3 is 10.2 Å².